The molecule has 0 atom stereocenters. The van der Waals surface area contributed by atoms with Crippen LogP contribution < -0.4 is 5.32 Å². The summed E-state index contributed by atoms with van der Waals surface area (Å²) in [5, 5.41) is 21.8. The Morgan fingerprint density at radius 1 is 1.10 bits per heavy atom. The number of thioether (sulfide) groups is 1. The van der Waals surface area contributed by atoms with Crippen LogP contribution in [0.15, 0.2) is 65.5 Å². The lowest BCUT2D eigenvalue weighted by molar-refractivity contribution is 1.25. The molecule has 0 aliphatic heterocycles. The number of nitriles is 2. The van der Waals surface area contributed by atoms with E-state index >= 15 is 0 Å². The van der Waals surface area contributed by atoms with E-state index in [9.17, 15) is 0 Å². The summed E-state index contributed by atoms with van der Waals surface area (Å²) in [7, 11) is 0. The van der Waals surface area contributed by atoms with Crippen molar-refractivity contribution in [1.82, 2.24) is 4.98 Å². The number of para-hydroxylation sites is 1. The van der Waals surface area contributed by atoms with Gasteiger partial charge >= 0.3 is 0 Å². The van der Waals surface area contributed by atoms with Crippen LogP contribution in [0.1, 0.15) is 5.56 Å². The molecule has 0 radical (unpaired) electrons. The maximum Gasteiger partial charge on any atom is 0.159 e. The highest BCUT2D eigenvalue weighted by molar-refractivity contribution is 8.02. The molecule has 0 saturated carbocycles. The van der Waals surface area contributed by atoms with E-state index in [4.69, 9.17) is 10.5 Å². The molecule has 2 rings (SSSR count). The highest BCUT2D eigenvalue weighted by atomic mass is 32.2. The number of allylic oxidation sites excluding steroid dienone is 1. The summed E-state index contributed by atoms with van der Waals surface area (Å²) < 4.78 is 0. The molecular weight excluding hydrogens is 280 g/mol. The van der Waals surface area contributed by atoms with E-state index in [0.29, 0.717) is 10.8 Å². The Balaban J connectivity index is 2.16. The standard InChI is InChI=1S/C16H12N4S/c17-9-14(10-18)16(20-15-6-2-1-3-7-15)21-12-13-5-4-8-19-11-13/h1-8,11,20H,12H2. The molecule has 4 nitrogen and oxygen atoms in total. The molecule has 0 aliphatic rings. The van der Waals surface area contributed by atoms with Crippen molar-refractivity contribution in [3.05, 3.63) is 71.0 Å². The largest absolute Gasteiger partial charge is 0.349 e. The molecule has 1 aromatic heterocycles. The number of rotatable bonds is 5. The molecule has 0 bridgehead atoms. The molecule has 0 amide bonds. The van der Waals surface area contributed by atoms with E-state index in [2.05, 4.69) is 10.3 Å². The molecule has 0 saturated heterocycles. The molecule has 0 fully saturated rings. The molecule has 0 spiro atoms. The lowest BCUT2D eigenvalue weighted by atomic mass is 10.3. The Morgan fingerprint density at radius 3 is 2.48 bits per heavy atom. The van der Waals surface area contributed by atoms with Gasteiger partial charge in [0.05, 0.1) is 0 Å². The van der Waals surface area contributed by atoms with E-state index < -0.39 is 0 Å². The van der Waals surface area contributed by atoms with E-state index in [1.807, 2.05) is 54.6 Å². The number of anilines is 1. The first-order chi connectivity index (χ1) is 10.3. The zero-order valence-corrected chi connectivity index (χ0v) is 12.0. The van der Waals surface area contributed by atoms with Crippen LogP contribution in [-0.2, 0) is 5.75 Å². The smallest absolute Gasteiger partial charge is 0.159 e. The van der Waals surface area contributed by atoms with Crippen LogP contribution >= 0.6 is 11.8 Å². The Kier molecular flexibility index (Phi) is 5.40. The van der Waals surface area contributed by atoms with Gasteiger partial charge in [0, 0.05) is 23.8 Å². The summed E-state index contributed by atoms with van der Waals surface area (Å²) in [5.41, 5.74) is 1.95. The summed E-state index contributed by atoms with van der Waals surface area (Å²) >= 11 is 1.41. The molecular formula is C16H12N4S. The predicted molar refractivity (Wildman–Crippen MR) is 83.8 cm³/mol. The van der Waals surface area contributed by atoms with Crippen LogP contribution in [0.25, 0.3) is 0 Å². The van der Waals surface area contributed by atoms with Crippen LogP contribution in [0.3, 0.4) is 0 Å². The maximum atomic E-state index is 9.08. The average Bonchev–Trinajstić information content (AvgIpc) is 2.55. The molecule has 0 unspecified atom stereocenters. The van der Waals surface area contributed by atoms with Crippen LogP contribution in [0.2, 0.25) is 0 Å². The van der Waals surface area contributed by atoms with Gasteiger partial charge in [0.15, 0.2) is 5.57 Å². The number of nitrogens with zero attached hydrogens (tertiary/aromatic N) is 3. The van der Waals surface area contributed by atoms with Crippen LogP contribution in [0, 0.1) is 22.7 Å². The lowest BCUT2D eigenvalue weighted by Gasteiger charge is -2.10. The first-order valence-electron chi connectivity index (χ1n) is 6.21. The number of hydrogen-bond acceptors (Lipinski definition) is 5. The molecule has 2 aromatic rings. The highest BCUT2D eigenvalue weighted by Crippen LogP contribution is 2.25. The lowest BCUT2D eigenvalue weighted by Crippen LogP contribution is -2.00. The normalized spacial score (nSPS) is 9.24. The average molecular weight is 292 g/mol. The second-order valence-corrected chi connectivity index (χ2v) is 5.05. The quantitative estimate of drug-likeness (QED) is 0.851. The van der Waals surface area contributed by atoms with Gasteiger partial charge in [-0.05, 0) is 23.8 Å². The van der Waals surface area contributed by atoms with Gasteiger partial charge < -0.3 is 5.32 Å². The fourth-order valence-corrected chi connectivity index (χ4v) is 2.50. The summed E-state index contributed by atoms with van der Waals surface area (Å²) in [4.78, 5) is 4.05. The topological polar surface area (TPSA) is 72.5 Å². The summed E-state index contributed by atoms with van der Waals surface area (Å²) in [5.74, 6) is 0.635. The van der Waals surface area contributed by atoms with Gasteiger partial charge in [0.25, 0.3) is 0 Å². The number of nitrogens with one attached hydrogen (secondary N) is 1. The number of benzene rings is 1. The van der Waals surface area contributed by atoms with Gasteiger partial charge in [0.1, 0.15) is 17.2 Å². The van der Waals surface area contributed by atoms with E-state index in [-0.39, 0.29) is 5.57 Å². The third-order valence-corrected chi connectivity index (χ3v) is 3.66. The number of aromatic nitrogens is 1. The van der Waals surface area contributed by atoms with Crippen molar-refractivity contribution < 1.29 is 0 Å². The Labute approximate surface area is 127 Å². The Hall–Kier alpha value is -2.76. The molecule has 1 N–H and O–H groups in total. The van der Waals surface area contributed by atoms with Crippen molar-refractivity contribution >= 4 is 17.4 Å². The van der Waals surface area contributed by atoms with E-state index in [1.165, 1.54) is 11.8 Å². The molecule has 0 aliphatic carbocycles. The van der Waals surface area contributed by atoms with Gasteiger partial charge in [-0.3, -0.25) is 4.98 Å². The second kappa shape index (κ2) is 7.74. The van der Waals surface area contributed by atoms with Crippen molar-refractivity contribution in [3.8, 4) is 12.1 Å². The fraction of sp³-hybridized carbons (Fsp3) is 0.0625. The Morgan fingerprint density at radius 2 is 1.86 bits per heavy atom. The Bertz CT molecular complexity index is 681. The van der Waals surface area contributed by atoms with Crippen molar-refractivity contribution in [3.63, 3.8) is 0 Å². The molecule has 102 valence electrons. The van der Waals surface area contributed by atoms with Gasteiger partial charge in [-0.15, -0.1) is 11.8 Å². The number of hydrogen-bond donors (Lipinski definition) is 1. The first kappa shape index (κ1) is 14.6. The monoisotopic (exact) mass is 292 g/mol. The minimum atomic E-state index is 0.0766. The minimum Gasteiger partial charge on any atom is -0.349 e. The summed E-state index contributed by atoms with van der Waals surface area (Å²) in [6, 6.07) is 17.1. The van der Waals surface area contributed by atoms with Crippen LogP contribution in [-0.4, -0.2) is 4.98 Å². The highest BCUT2D eigenvalue weighted by Gasteiger charge is 2.08. The second-order valence-electron chi connectivity index (χ2n) is 4.07. The molecule has 1 heterocycles. The van der Waals surface area contributed by atoms with Crippen LogP contribution in [0.4, 0.5) is 5.69 Å². The third kappa shape index (κ3) is 4.38. The molecule has 1 aromatic carbocycles. The van der Waals surface area contributed by atoms with Gasteiger partial charge in [-0.2, -0.15) is 10.5 Å². The van der Waals surface area contributed by atoms with Crippen molar-refractivity contribution in [2.24, 2.45) is 0 Å². The van der Waals surface area contributed by atoms with E-state index in [1.54, 1.807) is 12.4 Å². The summed E-state index contributed by atoms with van der Waals surface area (Å²) in [6.07, 6.45) is 3.48. The van der Waals surface area contributed by atoms with Gasteiger partial charge in [-0.25, -0.2) is 0 Å². The molecule has 21 heavy (non-hydrogen) atoms. The first-order valence-corrected chi connectivity index (χ1v) is 7.20. The minimum absolute atomic E-state index is 0.0766. The van der Waals surface area contributed by atoms with Crippen molar-refractivity contribution in [2.45, 2.75) is 5.75 Å². The van der Waals surface area contributed by atoms with E-state index in [0.717, 1.165) is 11.3 Å². The predicted octanol–water partition coefficient (Wildman–Crippen LogP) is 3.69. The zero-order valence-electron chi connectivity index (χ0n) is 11.2. The maximum absolute atomic E-state index is 9.08. The SMILES string of the molecule is N#CC(C#N)=C(Nc1ccccc1)SCc1cccnc1. The third-order valence-electron chi connectivity index (χ3n) is 2.59. The van der Waals surface area contributed by atoms with Crippen molar-refractivity contribution in [2.75, 3.05) is 5.32 Å². The zero-order chi connectivity index (χ0) is 14.9. The van der Waals surface area contributed by atoms with Gasteiger partial charge in [0.2, 0.25) is 0 Å². The van der Waals surface area contributed by atoms with Gasteiger partial charge in [-0.1, -0.05) is 24.3 Å². The molecule has 5 heteroatoms. The number of pyridine rings is 1. The summed E-state index contributed by atoms with van der Waals surface area (Å²) in [6.45, 7) is 0. The van der Waals surface area contributed by atoms with Crippen molar-refractivity contribution in [1.29, 1.82) is 10.5 Å². The van der Waals surface area contributed by atoms with Crippen LogP contribution in [0.5, 0.6) is 0 Å². The fourth-order valence-electron chi connectivity index (χ4n) is 1.59.